The lowest BCUT2D eigenvalue weighted by atomic mass is 9.90. The second-order valence-corrected chi connectivity index (χ2v) is 31.2. The first-order valence-electron chi connectivity index (χ1n) is 46.1. The number of aryl methyl sites for hydroxylation is 15. The molecule has 0 amide bonds. The Balaban J connectivity index is 0.000000187. The molecule has 0 radical (unpaired) electrons. The van der Waals surface area contributed by atoms with Crippen LogP contribution in [0, 0.1) is 105 Å². The Morgan fingerprint density at radius 3 is 0.869 bits per heavy atom. The van der Waals surface area contributed by atoms with Crippen LogP contribution in [0.4, 0.5) is 0 Å². The Hall–Kier alpha value is -9.64. The summed E-state index contributed by atoms with van der Waals surface area (Å²) in [6, 6.07) is 64.2. The zero-order valence-electron chi connectivity index (χ0n) is 83.6. The molecule has 12 aromatic rings. The minimum Gasteiger partial charge on any atom is -0.201 e. The van der Waals surface area contributed by atoms with Crippen LogP contribution < -0.4 is 18.3 Å². The fourth-order valence-corrected chi connectivity index (χ4v) is 14.5. The van der Waals surface area contributed by atoms with Gasteiger partial charge in [0.1, 0.15) is 28.2 Å². The van der Waals surface area contributed by atoms with Gasteiger partial charge in [-0.1, -0.05) is 215 Å². The Bertz CT molecular complexity index is 5700. The molecule has 0 saturated carbocycles. The molecule has 0 unspecified atom stereocenters. The minimum absolute atomic E-state index is 0.0301. The van der Waals surface area contributed by atoms with Crippen molar-refractivity contribution in [1.82, 2.24) is 0 Å². The van der Waals surface area contributed by atoms with Gasteiger partial charge in [-0.3, -0.25) is 0 Å². The van der Waals surface area contributed by atoms with Crippen molar-refractivity contribution in [3.05, 3.63) is 308 Å². The molecule has 107 heavy (non-hydrogen) atoms. The first-order valence-corrected chi connectivity index (χ1v) is 38.1. The summed E-state index contributed by atoms with van der Waals surface area (Å²) >= 11 is 0. The fraction of sp³-hybridized carbons (Fsp3) is 0.340. The average molecular weight is 1440 g/mol. The molecule has 4 nitrogen and oxygen atoms in total. The van der Waals surface area contributed by atoms with Crippen LogP contribution in [0.15, 0.2) is 219 Å². The monoisotopic (exact) mass is 1440 g/mol. The number of hydrogen-bond donors (Lipinski definition) is 0. The summed E-state index contributed by atoms with van der Waals surface area (Å²) in [6.07, 6.45) is 7.34. The molecular formula is C103H126N4+4. The summed E-state index contributed by atoms with van der Waals surface area (Å²) in [5, 5.41) is 0. The van der Waals surface area contributed by atoms with Gasteiger partial charge in [0.05, 0.1) is 0 Å². The smallest absolute Gasteiger partial charge is 0.201 e. The van der Waals surface area contributed by atoms with Gasteiger partial charge < -0.3 is 0 Å². The number of hydrogen-bond acceptors (Lipinski definition) is 0. The number of nitrogens with zero attached hydrogens (tertiary/aromatic N) is 4. The molecule has 4 heteroatoms. The van der Waals surface area contributed by atoms with Crippen molar-refractivity contribution in [3.63, 3.8) is 0 Å². The van der Waals surface area contributed by atoms with Crippen molar-refractivity contribution in [2.45, 2.75) is 177 Å². The van der Waals surface area contributed by atoms with Crippen LogP contribution in [0.25, 0.3) is 89.5 Å². The van der Waals surface area contributed by atoms with Crippen LogP contribution in [-0.4, -0.2) is 0 Å². The maximum Gasteiger partial charge on any atom is 0.212 e. The number of aromatic nitrogens is 4. The highest BCUT2D eigenvalue weighted by molar-refractivity contribution is 5.80. The summed E-state index contributed by atoms with van der Waals surface area (Å²) < 4.78 is 139. The Labute approximate surface area is 669 Å². The molecule has 0 atom stereocenters. The van der Waals surface area contributed by atoms with Crippen LogP contribution in [0.5, 0.6) is 0 Å². The van der Waals surface area contributed by atoms with Gasteiger partial charge in [-0.15, -0.1) is 0 Å². The maximum absolute atomic E-state index is 8.65. The van der Waals surface area contributed by atoms with E-state index in [-0.39, 0.29) is 33.4 Å². The molecule has 0 bridgehead atoms. The minimum atomic E-state index is -2.52. The van der Waals surface area contributed by atoms with Gasteiger partial charge in [0.15, 0.2) is 24.8 Å². The van der Waals surface area contributed by atoms with E-state index in [0.29, 0.717) is 62.5 Å². The van der Waals surface area contributed by atoms with Crippen molar-refractivity contribution in [3.8, 4) is 89.5 Å². The van der Waals surface area contributed by atoms with Gasteiger partial charge in [0, 0.05) is 90.7 Å². The summed E-state index contributed by atoms with van der Waals surface area (Å²) in [5.74, 6) is 1.10. The van der Waals surface area contributed by atoms with Crippen molar-refractivity contribution >= 4 is 0 Å². The summed E-state index contributed by atoms with van der Waals surface area (Å²) in [4.78, 5) is 0. The highest BCUT2D eigenvalue weighted by Gasteiger charge is 2.25. The highest BCUT2D eigenvalue weighted by Crippen LogP contribution is 2.37. The lowest BCUT2D eigenvalue weighted by Crippen LogP contribution is -2.32. The van der Waals surface area contributed by atoms with Gasteiger partial charge in [0.2, 0.25) is 22.8 Å². The Morgan fingerprint density at radius 1 is 0.243 bits per heavy atom. The van der Waals surface area contributed by atoms with E-state index >= 15 is 0 Å². The van der Waals surface area contributed by atoms with Crippen LogP contribution >= 0.6 is 0 Å². The van der Waals surface area contributed by atoms with Crippen molar-refractivity contribution in [2.75, 3.05) is 0 Å². The lowest BCUT2D eigenvalue weighted by molar-refractivity contribution is -0.661. The molecule has 12 rings (SSSR count). The normalized spacial score (nSPS) is 14.2. The molecule has 0 spiro atoms. The van der Waals surface area contributed by atoms with E-state index < -0.39 is 52.0 Å². The van der Waals surface area contributed by atoms with E-state index in [9.17, 15) is 0 Å². The van der Waals surface area contributed by atoms with E-state index in [1.54, 1.807) is 88.3 Å². The first kappa shape index (κ1) is 61.4. The Morgan fingerprint density at radius 2 is 0.514 bits per heavy atom. The van der Waals surface area contributed by atoms with Gasteiger partial charge in [0.25, 0.3) is 0 Å². The van der Waals surface area contributed by atoms with Gasteiger partial charge >= 0.3 is 0 Å². The predicted octanol–water partition coefficient (Wildman–Crippen LogP) is 24.8. The van der Waals surface area contributed by atoms with Gasteiger partial charge in [-0.25, -0.2) is 18.3 Å². The fourth-order valence-electron chi connectivity index (χ4n) is 14.5. The lowest BCUT2D eigenvalue weighted by Gasteiger charge is -2.16. The molecule has 0 aliphatic carbocycles. The zero-order valence-corrected chi connectivity index (χ0v) is 67.6. The summed E-state index contributed by atoms with van der Waals surface area (Å²) in [5.41, 5.74) is 28.9. The van der Waals surface area contributed by atoms with E-state index in [0.717, 1.165) is 30.4 Å². The zero-order chi connectivity index (χ0) is 91.2. The Kier molecular flexibility index (Phi) is 21.1. The number of benzene rings is 8. The summed E-state index contributed by atoms with van der Waals surface area (Å²) in [7, 11) is 7.82. The molecule has 0 N–H and O–H groups in total. The van der Waals surface area contributed by atoms with Crippen LogP contribution in [0.3, 0.4) is 0 Å². The molecule has 0 saturated heterocycles. The SMILES string of the molecule is Cc1c[n+](C)c(-c2cc(-c3ccccc3)c(C)cc2C)cc1CC(C)C.Cc1cc(C)c(-c2cc(CC(C)C)c(CC(C)C)c[n+]2C)cc1-c1ccccc1.[2H]C([2H])([2H])c1cc(C)c(-c2cc(C([2H])([2H])C(C)C)c(C([2H])([2H])[2H])c[n+]2C)cc1-c1ccccc1.[2H]C([2H])([2H])c1cc(C)c(-c2cc(C([2H])([2H])[2H])c(C([2H])([2H])C(C)C)c[n+]2C)cc1-c1ccccc1. The molecule has 0 fully saturated rings. The first-order chi connectivity index (χ1) is 57.2. The highest BCUT2D eigenvalue weighted by atomic mass is 14.9. The molecule has 0 aliphatic rings. The van der Waals surface area contributed by atoms with Crippen LogP contribution in [-0.2, 0) is 60.2 Å². The topological polar surface area (TPSA) is 15.5 Å². The second-order valence-electron chi connectivity index (χ2n) is 31.2. The summed E-state index contributed by atoms with van der Waals surface area (Å²) in [6.45, 7) is 25.8. The van der Waals surface area contributed by atoms with Gasteiger partial charge in [-0.2, -0.15) is 0 Å². The standard InChI is InChI=1S/C28H36N.3C25H30N/c1-19(2)13-24-16-28(29(7)18-25(24)14-20(3)4)27-17-26(21(5)15-22(27)6)23-11-9-8-10-12-23;1-17(2)12-22-16-26(6)25(14-18(22)3)24-15-23(19(4)13-20(24)5)21-10-8-7-9-11-21;2*1-17(2)12-22-14-25(26(6)16-20(22)5)24-15-23(18(3)13-19(24)4)21-10-8-7-9-11-21/h8-12,15-20H,13-14H2,1-7H3;3*7-11,13-17H,12H2,1-6H3/q4*+1/i;3D3,4D3,12D2;3D3,5D3,12D2;. The second kappa shape index (κ2) is 36.8. The number of pyridine rings is 4. The molecule has 554 valence electrons. The van der Waals surface area contributed by atoms with E-state index in [1.165, 1.54) is 102 Å². The van der Waals surface area contributed by atoms with Crippen LogP contribution in [0.2, 0.25) is 0 Å². The van der Waals surface area contributed by atoms with E-state index in [1.807, 2.05) is 73.7 Å². The maximum atomic E-state index is 8.65. The molecule has 4 aromatic heterocycles. The quantitative estimate of drug-likeness (QED) is 0.0761. The van der Waals surface area contributed by atoms with Crippen molar-refractivity contribution in [2.24, 2.45) is 57.8 Å². The van der Waals surface area contributed by atoms with E-state index in [2.05, 4.69) is 209 Å². The average Bonchev–Trinajstić information content (AvgIpc) is 0.748. The molecular weight excluding hydrogens is 1290 g/mol. The molecule has 0 aliphatic heterocycles. The number of rotatable bonds is 18. The third kappa shape index (κ3) is 21.0. The van der Waals surface area contributed by atoms with Crippen LogP contribution in [0.1, 0.15) is 180 Å². The predicted molar refractivity (Wildman–Crippen MR) is 459 cm³/mol. The van der Waals surface area contributed by atoms with Crippen molar-refractivity contribution in [1.29, 1.82) is 0 Å². The largest absolute Gasteiger partial charge is 0.212 e. The van der Waals surface area contributed by atoms with Crippen molar-refractivity contribution < 1.29 is 40.2 Å². The third-order valence-electron chi connectivity index (χ3n) is 19.7. The molecule has 4 heterocycles. The molecule has 8 aromatic carbocycles. The van der Waals surface area contributed by atoms with E-state index in [4.69, 9.17) is 21.9 Å². The van der Waals surface area contributed by atoms with Gasteiger partial charge in [-0.05, 0) is 273 Å². The third-order valence-corrected chi connectivity index (χ3v) is 19.7.